The Balaban J connectivity index is 2.15. The van der Waals surface area contributed by atoms with Crippen LogP contribution in [-0.4, -0.2) is 19.9 Å². The van der Waals surface area contributed by atoms with E-state index in [1.807, 2.05) is 6.92 Å². The molecule has 0 radical (unpaired) electrons. The number of aryl methyl sites for hydroxylation is 2. The quantitative estimate of drug-likeness (QED) is 0.916. The zero-order valence-electron chi connectivity index (χ0n) is 9.97. The van der Waals surface area contributed by atoms with Gasteiger partial charge in [-0.15, -0.1) is 0 Å². The van der Waals surface area contributed by atoms with Crippen LogP contribution in [0.15, 0.2) is 20.0 Å². The third kappa shape index (κ3) is 2.58. The highest BCUT2D eigenvalue weighted by molar-refractivity contribution is 9.10. The van der Waals surface area contributed by atoms with Gasteiger partial charge in [-0.1, -0.05) is 5.16 Å². The average Bonchev–Trinajstić information content (AvgIpc) is 2.77. The predicted molar refractivity (Wildman–Crippen MR) is 68.2 cm³/mol. The third-order valence-corrected chi connectivity index (χ3v) is 3.05. The molecule has 1 N–H and O–H groups in total. The molecule has 96 valence electrons. The number of rotatable bonds is 4. The topological polar surface area (TPSA) is 85.8 Å². The Hall–Kier alpha value is -1.70. The maximum atomic E-state index is 11.8. The SMILES string of the molecule is CCn1ncc(NCc2nc(C)no2)c(Br)c1=O. The first-order chi connectivity index (χ1) is 8.61. The van der Waals surface area contributed by atoms with Gasteiger partial charge in [0.15, 0.2) is 5.82 Å². The minimum Gasteiger partial charge on any atom is -0.374 e. The molecule has 0 aliphatic carbocycles. The first-order valence-electron chi connectivity index (χ1n) is 5.40. The van der Waals surface area contributed by atoms with Gasteiger partial charge in [0.2, 0.25) is 5.89 Å². The highest BCUT2D eigenvalue weighted by Crippen LogP contribution is 2.16. The van der Waals surface area contributed by atoms with E-state index in [1.165, 1.54) is 4.68 Å². The van der Waals surface area contributed by atoms with Crippen LogP contribution in [0.3, 0.4) is 0 Å². The number of halogens is 1. The number of aromatic nitrogens is 4. The summed E-state index contributed by atoms with van der Waals surface area (Å²) in [5.74, 6) is 1.03. The van der Waals surface area contributed by atoms with Gasteiger partial charge >= 0.3 is 0 Å². The predicted octanol–water partition coefficient (Wildman–Crippen LogP) is 1.33. The van der Waals surface area contributed by atoms with E-state index < -0.39 is 0 Å². The van der Waals surface area contributed by atoms with E-state index in [2.05, 4.69) is 36.5 Å². The summed E-state index contributed by atoms with van der Waals surface area (Å²) in [6, 6.07) is 0. The molecule has 0 atom stereocenters. The highest BCUT2D eigenvalue weighted by atomic mass is 79.9. The van der Waals surface area contributed by atoms with E-state index in [-0.39, 0.29) is 5.56 Å². The summed E-state index contributed by atoms with van der Waals surface area (Å²) >= 11 is 3.25. The van der Waals surface area contributed by atoms with Gasteiger partial charge < -0.3 is 9.84 Å². The Kier molecular flexibility index (Phi) is 3.75. The molecule has 0 unspecified atom stereocenters. The summed E-state index contributed by atoms with van der Waals surface area (Å²) < 4.78 is 6.77. The van der Waals surface area contributed by atoms with Crippen LogP contribution in [0.5, 0.6) is 0 Å². The van der Waals surface area contributed by atoms with Crippen molar-refractivity contribution in [2.24, 2.45) is 0 Å². The molecule has 0 aromatic carbocycles. The van der Waals surface area contributed by atoms with Gasteiger partial charge in [0.05, 0.1) is 18.4 Å². The molecule has 0 bridgehead atoms. The van der Waals surface area contributed by atoms with Crippen molar-refractivity contribution < 1.29 is 4.52 Å². The van der Waals surface area contributed by atoms with Gasteiger partial charge in [-0.3, -0.25) is 4.79 Å². The molecule has 2 aromatic rings. The molecular weight excluding hydrogens is 302 g/mol. The maximum absolute atomic E-state index is 11.8. The van der Waals surface area contributed by atoms with Gasteiger partial charge in [0, 0.05) is 6.54 Å². The fourth-order valence-electron chi connectivity index (χ4n) is 1.40. The first kappa shape index (κ1) is 12.7. The van der Waals surface area contributed by atoms with E-state index in [1.54, 1.807) is 13.1 Å². The Morgan fingerprint density at radius 2 is 2.33 bits per heavy atom. The van der Waals surface area contributed by atoms with E-state index >= 15 is 0 Å². The molecule has 0 aliphatic rings. The Bertz CT molecular complexity index is 607. The molecule has 0 amide bonds. The fourth-order valence-corrected chi connectivity index (χ4v) is 1.84. The van der Waals surface area contributed by atoms with Crippen molar-refractivity contribution in [2.75, 3.05) is 5.32 Å². The van der Waals surface area contributed by atoms with Crippen molar-refractivity contribution >= 4 is 21.6 Å². The maximum Gasteiger partial charge on any atom is 0.283 e. The lowest BCUT2D eigenvalue weighted by atomic mass is 10.4. The summed E-state index contributed by atoms with van der Waals surface area (Å²) in [6.45, 7) is 4.47. The molecule has 0 fully saturated rings. The third-order valence-electron chi connectivity index (χ3n) is 2.28. The lowest BCUT2D eigenvalue weighted by molar-refractivity contribution is 0.379. The zero-order valence-corrected chi connectivity index (χ0v) is 11.6. The molecule has 8 heteroatoms. The molecular formula is C10H12BrN5O2. The van der Waals surface area contributed by atoms with Crippen molar-refractivity contribution in [1.82, 2.24) is 19.9 Å². The number of hydrogen-bond acceptors (Lipinski definition) is 6. The van der Waals surface area contributed by atoms with E-state index in [9.17, 15) is 4.79 Å². The van der Waals surface area contributed by atoms with Crippen LogP contribution >= 0.6 is 15.9 Å². The van der Waals surface area contributed by atoms with Crippen LogP contribution in [-0.2, 0) is 13.1 Å². The van der Waals surface area contributed by atoms with Crippen LogP contribution in [0.4, 0.5) is 5.69 Å². The van der Waals surface area contributed by atoms with Crippen molar-refractivity contribution in [3.8, 4) is 0 Å². The Morgan fingerprint density at radius 3 is 2.94 bits per heavy atom. The number of nitrogens with zero attached hydrogens (tertiary/aromatic N) is 4. The highest BCUT2D eigenvalue weighted by Gasteiger charge is 2.09. The lowest BCUT2D eigenvalue weighted by Gasteiger charge is -2.07. The molecule has 0 aliphatic heterocycles. The van der Waals surface area contributed by atoms with Crippen LogP contribution < -0.4 is 10.9 Å². The van der Waals surface area contributed by atoms with E-state index in [0.717, 1.165) is 0 Å². The van der Waals surface area contributed by atoms with Gasteiger partial charge in [-0.05, 0) is 29.8 Å². The normalized spacial score (nSPS) is 10.6. The second-order valence-electron chi connectivity index (χ2n) is 3.58. The summed E-state index contributed by atoms with van der Waals surface area (Å²) in [7, 11) is 0. The molecule has 2 aromatic heterocycles. The van der Waals surface area contributed by atoms with E-state index in [4.69, 9.17) is 4.52 Å². The Morgan fingerprint density at radius 1 is 1.56 bits per heavy atom. The summed E-state index contributed by atoms with van der Waals surface area (Å²) in [6.07, 6.45) is 1.58. The fraction of sp³-hybridized carbons (Fsp3) is 0.400. The minimum atomic E-state index is -0.177. The minimum absolute atomic E-state index is 0.177. The van der Waals surface area contributed by atoms with Crippen LogP contribution in [0.25, 0.3) is 0 Å². The summed E-state index contributed by atoms with van der Waals surface area (Å²) in [4.78, 5) is 15.9. The second-order valence-corrected chi connectivity index (χ2v) is 4.38. The van der Waals surface area contributed by atoms with Crippen LogP contribution in [0, 0.1) is 6.92 Å². The monoisotopic (exact) mass is 313 g/mol. The average molecular weight is 314 g/mol. The standard InChI is InChI=1S/C10H12BrN5O2/c1-3-16-10(17)9(11)7(4-13-16)12-5-8-14-6(2)15-18-8/h4,12H,3,5H2,1-2H3. The van der Waals surface area contributed by atoms with Crippen molar-refractivity contribution in [3.05, 3.63) is 32.7 Å². The van der Waals surface area contributed by atoms with Crippen LogP contribution in [0.2, 0.25) is 0 Å². The molecule has 18 heavy (non-hydrogen) atoms. The summed E-state index contributed by atoms with van der Waals surface area (Å²) in [5, 5.41) is 10.7. The number of anilines is 1. The van der Waals surface area contributed by atoms with Gasteiger partial charge in [-0.2, -0.15) is 10.1 Å². The van der Waals surface area contributed by atoms with E-state index in [0.29, 0.717) is 35.0 Å². The molecule has 7 nitrogen and oxygen atoms in total. The van der Waals surface area contributed by atoms with Gasteiger partial charge in [0.25, 0.3) is 5.56 Å². The van der Waals surface area contributed by atoms with Gasteiger partial charge in [-0.25, -0.2) is 4.68 Å². The molecule has 0 saturated carbocycles. The largest absolute Gasteiger partial charge is 0.374 e. The van der Waals surface area contributed by atoms with Crippen molar-refractivity contribution in [1.29, 1.82) is 0 Å². The second kappa shape index (κ2) is 5.30. The van der Waals surface area contributed by atoms with Crippen molar-refractivity contribution in [3.63, 3.8) is 0 Å². The molecule has 2 heterocycles. The Labute approximate surface area is 111 Å². The lowest BCUT2D eigenvalue weighted by Crippen LogP contribution is -2.23. The van der Waals surface area contributed by atoms with Crippen LogP contribution in [0.1, 0.15) is 18.6 Å². The number of nitrogens with one attached hydrogen (secondary N) is 1. The molecule has 2 rings (SSSR count). The molecule has 0 spiro atoms. The van der Waals surface area contributed by atoms with Gasteiger partial charge in [0.1, 0.15) is 4.47 Å². The zero-order chi connectivity index (χ0) is 13.1. The summed E-state index contributed by atoms with van der Waals surface area (Å²) in [5.41, 5.74) is 0.421. The number of hydrogen-bond donors (Lipinski definition) is 1. The molecule has 0 saturated heterocycles. The smallest absolute Gasteiger partial charge is 0.283 e. The van der Waals surface area contributed by atoms with Crippen molar-refractivity contribution in [2.45, 2.75) is 26.9 Å². The first-order valence-corrected chi connectivity index (χ1v) is 6.19.